The van der Waals surface area contributed by atoms with Crippen LogP contribution in [0.3, 0.4) is 0 Å². The van der Waals surface area contributed by atoms with Crippen molar-refractivity contribution >= 4 is 0 Å². The second-order valence-corrected chi connectivity index (χ2v) is 4.21. The first-order valence-corrected chi connectivity index (χ1v) is 5.70. The normalized spacial score (nSPS) is 12.4. The van der Waals surface area contributed by atoms with Gasteiger partial charge in [0.05, 0.1) is 13.7 Å². The number of ether oxygens (including phenoxy) is 1. The van der Waals surface area contributed by atoms with Gasteiger partial charge in [0.2, 0.25) is 0 Å². The minimum atomic E-state index is -0.520. The number of methoxy groups -OCH3 is 1. The molecule has 1 aromatic heterocycles. The molecule has 0 radical (unpaired) electrons. The molecular formula is C12H15FN4O2. The monoisotopic (exact) mass is 266 g/mol. The summed E-state index contributed by atoms with van der Waals surface area (Å²) in [7, 11) is 3.00. The molecule has 1 heterocycles. The molecule has 2 rings (SSSR count). The van der Waals surface area contributed by atoms with Gasteiger partial charge in [-0.15, -0.1) is 0 Å². The van der Waals surface area contributed by atoms with Gasteiger partial charge in [-0.25, -0.2) is 13.9 Å². The highest BCUT2D eigenvalue weighted by Crippen LogP contribution is 2.21. The van der Waals surface area contributed by atoms with E-state index in [9.17, 15) is 9.18 Å². The van der Waals surface area contributed by atoms with Gasteiger partial charge in [0, 0.05) is 13.1 Å². The van der Waals surface area contributed by atoms with Gasteiger partial charge in [-0.3, -0.25) is 4.57 Å². The zero-order chi connectivity index (χ0) is 14.0. The van der Waals surface area contributed by atoms with Gasteiger partial charge in [-0.1, -0.05) is 6.07 Å². The molecule has 0 aliphatic heterocycles. The summed E-state index contributed by atoms with van der Waals surface area (Å²) in [6.45, 7) is 0.186. The van der Waals surface area contributed by atoms with Gasteiger partial charge in [-0.05, 0) is 17.7 Å². The molecular weight excluding hydrogens is 251 g/mol. The van der Waals surface area contributed by atoms with E-state index in [1.54, 1.807) is 13.1 Å². The molecule has 0 amide bonds. The number of nitrogens with zero attached hydrogens (tertiary/aromatic N) is 3. The Morgan fingerprint density at radius 1 is 1.53 bits per heavy atom. The molecule has 0 saturated carbocycles. The molecule has 0 fully saturated rings. The fraction of sp³-hybridized carbons (Fsp3) is 0.333. The van der Waals surface area contributed by atoms with Crippen LogP contribution in [0.2, 0.25) is 0 Å². The number of aromatic nitrogens is 3. The van der Waals surface area contributed by atoms with Crippen LogP contribution >= 0.6 is 0 Å². The zero-order valence-electron chi connectivity index (χ0n) is 10.7. The lowest BCUT2D eigenvalue weighted by Gasteiger charge is -2.12. The zero-order valence-corrected chi connectivity index (χ0v) is 10.7. The average molecular weight is 266 g/mol. The summed E-state index contributed by atoms with van der Waals surface area (Å²) in [5, 5.41) is 3.91. The summed E-state index contributed by atoms with van der Waals surface area (Å²) in [5.74, 6) is -0.324. The van der Waals surface area contributed by atoms with Crippen LogP contribution in [0.5, 0.6) is 5.75 Å². The smallest absolute Gasteiger partial charge is 0.345 e. The van der Waals surface area contributed by atoms with Crippen molar-refractivity contribution in [1.29, 1.82) is 0 Å². The van der Waals surface area contributed by atoms with Crippen molar-refractivity contribution < 1.29 is 9.13 Å². The molecule has 0 aliphatic rings. The molecule has 1 atom stereocenters. The molecule has 102 valence electrons. The average Bonchev–Trinajstić information content (AvgIpc) is 2.70. The SMILES string of the molecule is COc1ccc(C(N)Cn2ncn(C)c2=O)cc1F. The van der Waals surface area contributed by atoms with E-state index in [1.165, 1.54) is 34.8 Å². The molecule has 0 saturated heterocycles. The van der Waals surface area contributed by atoms with Crippen LogP contribution in [-0.2, 0) is 13.6 Å². The highest BCUT2D eigenvalue weighted by atomic mass is 19.1. The van der Waals surface area contributed by atoms with Crippen molar-refractivity contribution in [2.75, 3.05) is 7.11 Å². The van der Waals surface area contributed by atoms with E-state index in [0.29, 0.717) is 5.56 Å². The van der Waals surface area contributed by atoms with Crippen LogP contribution in [0.15, 0.2) is 29.3 Å². The highest BCUT2D eigenvalue weighted by molar-refractivity contribution is 5.30. The summed E-state index contributed by atoms with van der Waals surface area (Å²) in [5.41, 5.74) is 6.27. The molecule has 0 spiro atoms. The highest BCUT2D eigenvalue weighted by Gasteiger charge is 2.12. The maximum Gasteiger partial charge on any atom is 0.345 e. The molecule has 0 aliphatic carbocycles. The van der Waals surface area contributed by atoms with Gasteiger partial charge in [-0.2, -0.15) is 5.10 Å². The Hall–Kier alpha value is -2.15. The molecule has 7 heteroatoms. The number of aryl methyl sites for hydroxylation is 1. The molecule has 0 bridgehead atoms. The van der Waals surface area contributed by atoms with Crippen molar-refractivity contribution in [3.8, 4) is 5.75 Å². The predicted octanol–water partition coefficient (Wildman–Crippen LogP) is 0.429. The van der Waals surface area contributed by atoms with Crippen LogP contribution in [-0.4, -0.2) is 21.5 Å². The Balaban J connectivity index is 2.20. The number of halogens is 1. The van der Waals surface area contributed by atoms with E-state index in [2.05, 4.69) is 5.10 Å². The Labute approximate surface area is 109 Å². The molecule has 1 aromatic carbocycles. The first-order chi connectivity index (χ1) is 9.02. The summed E-state index contributed by atoms with van der Waals surface area (Å²) < 4.78 is 21.0. The number of benzene rings is 1. The third-order valence-corrected chi connectivity index (χ3v) is 2.86. The quantitative estimate of drug-likeness (QED) is 0.870. The molecule has 6 nitrogen and oxygen atoms in total. The minimum Gasteiger partial charge on any atom is -0.494 e. The summed E-state index contributed by atoms with van der Waals surface area (Å²) in [6.07, 6.45) is 1.41. The van der Waals surface area contributed by atoms with Crippen LogP contribution in [0, 0.1) is 5.82 Å². The van der Waals surface area contributed by atoms with Crippen molar-refractivity contribution in [3.63, 3.8) is 0 Å². The first-order valence-electron chi connectivity index (χ1n) is 5.70. The second-order valence-electron chi connectivity index (χ2n) is 4.21. The number of hydrogen-bond donors (Lipinski definition) is 1. The van der Waals surface area contributed by atoms with Crippen molar-refractivity contribution in [2.45, 2.75) is 12.6 Å². The standard InChI is InChI=1S/C12H15FN4O2/c1-16-7-15-17(12(16)18)6-10(14)8-3-4-11(19-2)9(13)5-8/h3-5,7,10H,6,14H2,1-2H3. The minimum absolute atomic E-state index is 0.158. The summed E-state index contributed by atoms with van der Waals surface area (Å²) in [6, 6.07) is 3.96. The van der Waals surface area contributed by atoms with Crippen molar-refractivity contribution in [1.82, 2.24) is 14.3 Å². The van der Waals surface area contributed by atoms with Gasteiger partial charge < -0.3 is 10.5 Å². The fourth-order valence-electron chi connectivity index (χ4n) is 1.75. The number of rotatable bonds is 4. The third kappa shape index (κ3) is 2.65. The maximum absolute atomic E-state index is 13.6. The largest absolute Gasteiger partial charge is 0.494 e. The predicted molar refractivity (Wildman–Crippen MR) is 67.3 cm³/mol. The third-order valence-electron chi connectivity index (χ3n) is 2.86. The summed E-state index contributed by atoms with van der Waals surface area (Å²) >= 11 is 0. The lowest BCUT2D eigenvalue weighted by atomic mass is 10.1. The van der Waals surface area contributed by atoms with Gasteiger partial charge >= 0.3 is 5.69 Å². The van der Waals surface area contributed by atoms with Crippen molar-refractivity contribution in [3.05, 3.63) is 46.4 Å². The molecule has 1 unspecified atom stereocenters. The van der Waals surface area contributed by atoms with Crippen LogP contribution < -0.4 is 16.2 Å². The second kappa shape index (κ2) is 5.23. The van der Waals surface area contributed by atoms with Gasteiger partial charge in [0.15, 0.2) is 11.6 Å². The van der Waals surface area contributed by atoms with E-state index in [-0.39, 0.29) is 18.0 Å². The van der Waals surface area contributed by atoms with E-state index < -0.39 is 11.9 Å². The van der Waals surface area contributed by atoms with Gasteiger partial charge in [0.1, 0.15) is 6.33 Å². The van der Waals surface area contributed by atoms with Crippen LogP contribution in [0.25, 0.3) is 0 Å². The fourth-order valence-corrected chi connectivity index (χ4v) is 1.75. The maximum atomic E-state index is 13.6. The molecule has 2 aromatic rings. The van der Waals surface area contributed by atoms with Crippen LogP contribution in [0.4, 0.5) is 4.39 Å². The first kappa shape index (κ1) is 13.3. The Kier molecular flexibility index (Phi) is 3.66. The van der Waals surface area contributed by atoms with E-state index >= 15 is 0 Å². The van der Waals surface area contributed by atoms with E-state index in [1.807, 2.05) is 0 Å². The van der Waals surface area contributed by atoms with E-state index in [0.717, 1.165) is 0 Å². The van der Waals surface area contributed by atoms with Crippen LogP contribution in [0.1, 0.15) is 11.6 Å². The van der Waals surface area contributed by atoms with E-state index in [4.69, 9.17) is 10.5 Å². The molecule has 2 N–H and O–H groups in total. The topological polar surface area (TPSA) is 75.1 Å². The Bertz CT molecular complexity index is 635. The number of nitrogens with two attached hydrogens (primary N) is 1. The van der Waals surface area contributed by atoms with Crippen molar-refractivity contribution in [2.24, 2.45) is 12.8 Å². The number of hydrogen-bond acceptors (Lipinski definition) is 4. The lowest BCUT2D eigenvalue weighted by molar-refractivity contribution is 0.385. The lowest BCUT2D eigenvalue weighted by Crippen LogP contribution is -2.28. The van der Waals surface area contributed by atoms with Gasteiger partial charge in [0.25, 0.3) is 0 Å². The Morgan fingerprint density at radius 3 is 2.79 bits per heavy atom. The summed E-state index contributed by atoms with van der Waals surface area (Å²) in [4.78, 5) is 11.6. The molecule has 19 heavy (non-hydrogen) atoms. The Morgan fingerprint density at radius 2 is 2.26 bits per heavy atom.